The van der Waals surface area contributed by atoms with Crippen molar-refractivity contribution in [2.24, 2.45) is 0 Å². The molecule has 226 valence electrons. The largest absolute Gasteiger partial charge is 1.00 e. The van der Waals surface area contributed by atoms with Gasteiger partial charge in [-0.3, -0.25) is 9.63 Å². The number of hydroxylamine groups is 1. The maximum absolute atomic E-state index is 12.6. The molecule has 0 aliphatic heterocycles. The zero-order valence-corrected chi connectivity index (χ0v) is 30.0. The number of nitrogens with one attached hydrogen (secondary N) is 2. The van der Waals surface area contributed by atoms with Gasteiger partial charge in [-0.05, 0) is 60.5 Å². The van der Waals surface area contributed by atoms with Gasteiger partial charge in [-0.2, -0.15) is 4.89 Å². The molecule has 3 rings (SSSR count). The van der Waals surface area contributed by atoms with Crippen molar-refractivity contribution in [3.63, 3.8) is 0 Å². The number of ether oxygens (including phenoxy) is 1. The van der Waals surface area contributed by atoms with E-state index in [1.807, 2.05) is 0 Å². The SMILES string of the molecule is CCNOCc1ccc(OOCc2ccc(C(=O)Oc3ccc(C(=O)NCC)cc3S(=O)(=O)[O-])cc2)c(S(=O)(=O)[O-])c1.[Na+].[Na+]. The third-order valence-corrected chi connectivity index (χ3v) is 7.06. The van der Waals surface area contributed by atoms with E-state index < -0.39 is 47.7 Å². The first-order chi connectivity index (χ1) is 19.8. The van der Waals surface area contributed by atoms with Crippen LogP contribution >= 0.6 is 0 Å². The number of benzene rings is 3. The van der Waals surface area contributed by atoms with Crippen LogP contribution in [0.2, 0.25) is 0 Å². The molecule has 3 aromatic carbocycles. The van der Waals surface area contributed by atoms with Gasteiger partial charge in [0.1, 0.15) is 37.5 Å². The van der Waals surface area contributed by atoms with Gasteiger partial charge in [-0.25, -0.2) is 27.1 Å². The van der Waals surface area contributed by atoms with E-state index in [1.54, 1.807) is 13.8 Å². The van der Waals surface area contributed by atoms with Crippen molar-refractivity contribution in [1.29, 1.82) is 0 Å². The molecule has 0 saturated carbocycles. The number of hydrogen-bond donors (Lipinski definition) is 2. The Labute approximate surface area is 298 Å². The second kappa shape index (κ2) is 18.3. The zero-order chi connectivity index (χ0) is 30.9. The maximum Gasteiger partial charge on any atom is 1.00 e. The molecule has 0 unspecified atom stereocenters. The Kier molecular flexibility index (Phi) is 16.7. The molecular formula is C26H26N2Na2O12S2. The molecule has 0 aromatic heterocycles. The quantitative estimate of drug-likeness (QED) is 0.0320. The number of carbonyl (C=O) groups is 2. The Morgan fingerprint density at radius 3 is 1.89 bits per heavy atom. The van der Waals surface area contributed by atoms with Gasteiger partial charge in [0.15, 0.2) is 5.75 Å². The first kappa shape index (κ1) is 40.1. The Morgan fingerprint density at radius 2 is 1.30 bits per heavy atom. The fourth-order valence-corrected chi connectivity index (χ4v) is 4.66. The molecule has 0 bridgehead atoms. The van der Waals surface area contributed by atoms with Crippen LogP contribution < -0.4 is 79.5 Å². The van der Waals surface area contributed by atoms with Gasteiger partial charge in [0, 0.05) is 18.7 Å². The molecule has 44 heavy (non-hydrogen) atoms. The van der Waals surface area contributed by atoms with Crippen molar-refractivity contribution >= 4 is 32.1 Å². The van der Waals surface area contributed by atoms with E-state index in [0.717, 1.165) is 18.2 Å². The van der Waals surface area contributed by atoms with Gasteiger partial charge < -0.3 is 24.0 Å². The average molecular weight is 669 g/mol. The minimum absolute atomic E-state index is 0. The Balaban J connectivity index is 0.00000484. The van der Waals surface area contributed by atoms with E-state index in [4.69, 9.17) is 19.3 Å². The molecule has 0 atom stereocenters. The van der Waals surface area contributed by atoms with Gasteiger partial charge >= 0.3 is 65.1 Å². The summed E-state index contributed by atoms with van der Waals surface area (Å²) in [4.78, 5) is 38.3. The predicted octanol–water partition coefficient (Wildman–Crippen LogP) is -3.98. The molecule has 0 spiro atoms. The van der Waals surface area contributed by atoms with Crippen LogP contribution in [0.1, 0.15) is 45.7 Å². The molecule has 0 fully saturated rings. The van der Waals surface area contributed by atoms with E-state index >= 15 is 0 Å². The van der Waals surface area contributed by atoms with Crippen LogP contribution in [0.5, 0.6) is 11.5 Å². The van der Waals surface area contributed by atoms with E-state index in [1.165, 1.54) is 42.5 Å². The minimum atomic E-state index is -5.10. The topological polar surface area (TPSA) is 210 Å². The van der Waals surface area contributed by atoms with Crippen LogP contribution in [-0.2, 0) is 43.2 Å². The molecule has 0 aliphatic carbocycles. The first-order valence-electron chi connectivity index (χ1n) is 12.3. The number of carbonyl (C=O) groups excluding carboxylic acids is 2. The van der Waals surface area contributed by atoms with Crippen molar-refractivity contribution in [3.05, 3.63) is 82.9 Å². The fraction of sp³-hybridized carbons (Fsp3) is 0.231. The predicted molar refractivity (Wildman–Crippen MR) is 142 cm³/mol. The molecule has 1 amide bonds. The van der Waals surface area contributed by atoms with Gasteiger partial charge in [0.05, 0.1) is 17.1 Å². The standard InChI is InChI=1S/C26H28N2O12S2.2Na/c1-3-27-25(29)20-10-12-21(24(14-20)42(34,35)36)39-26(30)19-8-5-17(6-9-19)16-38-40-22-11-7-18(15-37-28-4-2)13-23(22)41(31,32)33;;/h5-14,28H,3-4,15-16H2,1-2H3,(H,27,29)(H,31,32,33)(H,34,35,36);;/q;2*+1/p-2. The van der Waals surface area contributed by atoms with E-state index in [2.05, 4.69) is 10.8 Å². The third-order valence-electron chi connectivity index (χ3n) is 5.34. The summed E-state index contributed by atoms with van der Waals surface area (Å²) >= 11 is 0. The Morgan fingerprint density at radius 1 is 0.727 bits per heavy atom. The smallest absolute Gasteiger partial charge is 0.744 e. The zero-order valence-electron chi connectivity index (χ0n) is 24.3. The first-order valence-corrected chi connectivity index (χ1v) is 15.1. The summed E-state index contributed by atoms with van der Waals surface area (Å²) in [5.41, 5.74) is 3.34. The molecule has 0 heterocycles. The van der Waals surface area contributed by atoms with Crippen molar-refractivity contribution in [2.45, 2.75) is 36.9 Å². The molecule has 0 aliphatic rings. The Bertz CT molecular complexity index is 1650. The third kappa shape index (κ3) is 11.8. The molecular weight excluding hydrogens is 642 g/mol. The molecule has 0 saturated heterocycles. The summed E-state index contributed by atoms with van der Waals surface area (Å²) in [6.07, 6.45) is 0. The number of hydrogen-bond acceptors (Lipinski definition) is 13. The summed E-state index contributed by atoms with van der Waals surface area (Å²) in [5.74, 6) is -2.48. The molecule has 2 N–H and O–H groups in total. The summed E-state index contributed by atoms with van der Waals surface area (Å²) in [5, 5.41) is 2.47. The molecule has 14 nitrogen and oxygen atoms in total. The monoisotopic (exact) mass is 668 g/mol. The normalized spacial score (nSPS) is 11.1. The van der Waals surface area contributed by atoms with Crippen LogP contribution in [0.25, 0.3) is 0 Å². The molecule has 18 heteroatoms. The van der Waals surface area contributed by atoms with Gasteiger partial charge in [0.2, 0.25) is 0 Å². The van der Waals surface area contributed by atoms with Crippen molar-refractivity contribution in [1.82, 2.24) is 10.8 Å². The van der Waals surface area contributed by atoms with Gasteiger partial charge in [-0.15, -0.1) is 0 Å². The number of amides is 1. The maximum atomic E-state index is 12.6. The van der Waals surface area contributed by atoms with E-state index in [9.17, 15) is 35.5 Å². The minimum Gasteiger partial charge on any atom is -0.744 e. The van der Waals surface area contributed by atoms with Crippen LogP contribution in [0, 0.1) is 0 Å². The second-order valence-corrected chi connectivity index (χ2v) is 11.1. The van der Waals surface area contributed by atoms with Gasteiger partial charge in [0.25, 0.3) is 5.91 Å². The fourth-order valence-electron chi connectivity index (χ4n) is 3.39. The molecule has 3 aromatic rings. The Hall–Kier alpha value is -1.90. The second-order valence-electron chi connectivity index (χ2n) is 8.43. The van der Waals surface area contributed by atoms with Crippen molar-refractivity contribution in [3.8, 4) is 11.5 Å². The number of esters is 1. The van der Waals surface area contributed by atoms with Crippen molar-refractivity contribution < 1.29 is 114 Å². The number of rotatable bonds is 14. The molecule has 0 radical (unpaired) electrons. The summed E-state index contributed by atoms with van der Waals surface area (Å²) < 4.78 is 75.4. The summed E-state index contributed by atoms with van der Waals surface area (Å²) in [6.45, 7) is 4.03. The van der Waals surface area contributed by atoms with Crippen LogP contribution in [0.15, 0.2) is 70.5 Å². The van der Waals surface area contributed by atoms with Crippen LogP contribution in [0.4, 0.5) is 0 Å². The van der Waals surface area contributed by atoms with Gasteiger partial charge in [-0.1, -0.05) is 25.1 Å². The van der Waals surface area contributed by atoms with Crippen LogP contribution in [-0.4, -0.2) is 50.9 Å². The summed E-state index contributed by atoms with van der Waals surface area (Å²) in [6, 6.07) is 12.4. The van der Waals surface area contributed by atoms with Crippen molar-refractivity contribution in [2.75, 3.05) is 13.1 Å². The average Bonchev–Trinajstić information content (AvgIpc) is 2.93. The van der Waals surface area contributed by atoms with Crippen LogP contribution in [0.3, 0.4) is 0 Å². The van der Waals surface area contributed by atoms with E-state index in [0.29, 0.717) is 17.7 Å². The van der Waals surface area contributed by atoms with E-state index in [-0.39, 0.29) is 95.7 Å². The summed E-state index contributed by atoms with van der Waals surface area (Å²) in [7, 11) is -10.0.